The van der Waals surface area contributed by atoms with Gasteiger partial charge in [0.25, 0.3) is 0 Å². The lowest BCUT2D eigenvalue weighted by molar-refractivity contribution is -0.132. The van der Waals surface area contributed by atoms with E-state index in [0.29, 0.717) is 12.2 Å². The number of nitrogens with two attached hydrogens (primary N) is 1. The van der Waals surface area contributed by atoms with Crippen LogP contribution in [0.5, 0.6) is 0 Å². The predicted octanol–water partition coefficient (Wildman–Crippen LogP) is 1.89. The Morgan fingerprint density at radius 3 is 3.00 bits per heavy atom. The van der Waals surface area contributed by atoms with Crippen molar-refractivity contribution in [1.29, 1.82) is 0 Å². The molecule has 1 aliphatic heterocycles. The molecule has 1 unspecified atom stereocenters. The number of nitrogen functional groups attached to an aromatic ring is 1. The quantitative estimate of drug-likeness (QED) is 0.903. The number of nitrogens with zero attached hydrogens (tertiary/aromatic N) is 3. The van der Waals surface area contributed by atoms with Gasteiger partial charge < -0.3 is 10.6 Å². The molecule has 1 fully saturated rings. The molecule has 5 heteroatoms. The lowest BCUT2D eigenvalue weighted by atomic mass is 9.96. The summed E-state index contributed by atoms with van der Waals surface area (Å²) in [5.74, 6) is 0.948. The molecule has 2 rings (SSSR count). The maximum absolute atomic E-state index is 12.2. The Morgan fingerprint density at radius 1 is 1.47 bits per heavy atom. The van der Waals surface area contributed by atoms with Crippen LogP contribution in [0.15, 0.2) is 12.4 Å². The van der Waals surface area contributed by atoms with Crippen molar-refractivity contribution in [2.75, 3.05) is 18.8 Å². The minimum Gasteiger partial charge on any atom is -0.396 e. The molecular weight excluding hydrogens is 240 g/mol. The van der Waals surface area contributed by atoms with Crippen LogP contribution in [-0.4, -0.2) is 33.7 Å². The van der Waals surface area contributed by atoms with E-state index >= 15 is 0 Å². The Balaban J connectivity index is 1.85. The Bertz CT molecular complexity index is 415. The van der Waals surface area contributed by atoms with Gasteiger partial charge in [-0.05, 0) is 25.2 Å². The molecule has 1 aromatic heterocycles. The Kier molecular flexibility index (Phi) is 4.82. The third-order valence-electron chi connectivity index (χ3n) is 3.85. The van der Waals surface area contributed by atoms with Crippen LogP contribution in [0.3, 0.4) is 0 Å². The van der Waals surface area contributed by atoms with Gasteiger partial charge in [-0.3, -0.25) is 9.48 Å². The molecule has 0 aromatic carbocycles. The first kappa shape index (κ1) is 13.9. The van der Waals surface area contributed by atoms with Crippen LogP contribution in [0.2, 0.25) is 0 Å². The molecule has 106 valence electrons. The molecule has 1 aromatic rings. The average molecular weight is 264 g/mol. The normalized spacial score (nSPS) is 20.3. The fourth-order valence-electron chi connectivity index (χ4n) is 2.82. The first-order valence-corrected chi connectivity index (χ1v) is 7.24. The van der Waals surface area contributed by atoms with Gasteiger partial charge >= 0.3 is 0 Å². The minimum atomic E-state index is 0.153. The third-order valence-corrected chi connectivity index (χ3v) is 3.85. The zero-order chi connectivity index (χ0) is 13.7. The SMILES string of the molecule is CCCC1CCCN(C(=O)Cn2cc(N)cn2)CC1. The van der Waals surface area contributed by atoms with Gasteiger partial charge in [0, 0.05) is 19.3 Å². The van der Waals surface area contributed by atoms with Crippen molar-refractivity contribution in [3.63, 3.8) is 0 Å². The standard InChI is InChI=1S/C14H24N4O/c1-2-4-12-5-3-7-17(8-6-12)14(19)11-18-10-13(15)9-16-18/h9-10,12H,2-8,11,15H2,1H3. The molecule has 0 saturated carbocycles. The van der Waals surface area contributed by atoms with Gasteiger partial charge in [-0.25, -0.2) is 0 Å². The molecule has 0 spiro atoms. The summed E-state index contributed by atoms with van der Waals surface area (Å²) >= 11 is 0. The number of hydrogen-bond acceptors (Lipinski definition) is 3. The highest BCUT2D eigenvalue weighted by Crippen LogP contribution is 2.22. The van der Waals surface area contributed by atoms with E-state index in [-0.39, 0.29) is 5.91 Å². The van der Waals surface area contributed by atoms with Crippen LogP contribution in [0.4, 0.5) is 5.69 Å². The van der Waals surface area contributed by atoms with Gasteiger partial charge in [0.2, 0.25) is 5.91 Å². The van der Waals surface area contributed by atoms with Crippen molar-refractivity contribution in [1.82, 2.24) is 14.7 Å². The van der Waals surface area contributed by atoms with Crippen LogP contribution < -0.4 is 5.73 Å². The van der Waals surface area contributed by atoms with E-state index in [2.05, 4.69) is 12.0 Å². The molecule has 1 aliphatic rings. The highest BCUT2D eigenvalue weighted by atomic mass is 16.2. The summed E-state index contributed by atoms with van der Waals surface area (Å²) in [7, 11) is 0. The number of likely N-dealkylation sites (tertiary alicyclic amines) is 1. The van der Waals surface area contributed by atoms with Crippen molar-refractivity contribution in [3.05, 3.63) is 12.4 Å². The van der Waals surface area contributed by atoms with Gasteiger partial charge in [0.1, 0.15) is 6.54 Å². The molecule has 1 amide bonds. The lowest BCUT2D eigenvalue weighted by Gasteiger charge is -2.20. The van der Waals surface area contributed by atoms with Crippen LogP contribution >= 0.6 is 0 Å². The summed E-state index contributed by atoms with van der Waals surface area (Å²) in [6.07, 6.45) is 9.33. The van der Waals surface area contributed by atoms with Crippen molar-refractivity contribution in [2.24, 2.45) is 5.92 Å². The molecule has 5 nitrogen and oxygen atoms in total. The largest absolute Gasteiger partial charge is 0.396 e. The summed E-state index contributed by atoms with van der Waals surface area (Å²) in [4.78, 5) is 14.2. The van der Waals surface area contributed by atoms with Gasteiger partial charge in [-0.1, -0.05) is 19.8 Å². The molecule has 1 atom stereocenters. The number of aromatic nitrogens is 2. The fourth-order valence-corrected chi connectivity index (χ4v) is 2.82. The number of anilines is 1. The van der Waals surface area contributed by atoms with Crippen molar-refractivity contribution >= 4 is 11.6 Å². The van der Waals surface area contributed by atoms with Crippen molar-refractivity contribution < 1.29 is 4.79 Å². The summed E-state index contributed by atoms with van der Waals surface area (Å²) < 4.78 is 1.62. The third kappa shape index (κ3) is 3.98. The average Bonchev–Trinajstić information content (AvgIpc) is 2.65. The van der Waals surface area contributed by atoms with Crippen LogP contribution in [0.25, 0.3) is 0 Å². The second kappa shape index (κ2) is 6.59. The van der Waals surface area contributed by atoms with E-state index in [0.717, 1.165) is 31.8 Å². The molecule has 19 heavy (non-hydrogen) atoms. The smallest absolute Gasteiger partial charge is 0.244 e. The molecule has 0 radical (unpaired) electrons. The van der Waals surface area contributed by atoms with E-state index in [9.17, 15) is 4.79 Å². The second-order valence-corrected chi connectivity index (χ2v) is 5.44. The van der Waals surface area contributed by atoms with Gasteiger partial charge in [0.05, 0.1) is 11.9 Å². The number of carbonyl (C=O) groups excluding carboxylic acids is 1. The van der Waals surface area contributed by atoms with E-state index in [1.165, 1.54) is 19.3 Å². The second-order valence-electron chi connectivity index (χ2n) is 5.44. The van der Waals surface area contributed by atoms with E-state index in [1.54, 1.807) is 17.1 Å². The van der Waals surface area contributed by atoms with E-state index in [4.69, 9.17) is 5.73 Å². The number of hydrogen-bond donors (Lipinski definition) is 1. The molecule has 2 N–H and O–H groups in total. The maximum Gasteiger partial charge on any atom is 0.244 e. The van der Waals surface area contributed by atoms with Crippen LogP contribution in [0, 0.1) is 5.92 Å². The summed E-state index contributed by atoms with van der Waals surface area (Å²) in [5.41, 5.74) is 6.20. The lowest BCUT2D eigenvalue weighted by Crippen LogP contribution is -2.34. The molecule has 0 bridgehead atoms. The molecule has 1 saturated heterocycles. The van der Waals surface area contributed by atoms with Crippen molar-refractivity contribution in [3.8, 4) is 0 Å². The van der Waals surface area contributed by atoms with Gasteiger partial charge in [-0.15, -0.1) is 0 Å². The topological polar surface area (TPSA) is 64.2 Å². The van der Waals surface area contributed by atoms with E-state index < -0.39 is 0 Å². The first-order valence-electron chi connectivity index (χ1n) is 7.24. The summed E-state index contributed by atoms with van der Waals surface area (Å²) in [6.45, 7) is 4.31. The predicted molar refractivity (Wildman–Crippen MR) is 75.5 cm³/mol. The summed E-state index contributed by atoms with van der Waals surface area (Å²) in [5, 5.41) is 4.06. The number of carbonyl (C=O) groups is 1. The monoisotopic (exact) mass is 264 g/mol. The molecule has 2 heterocycles. The molecular formula is C14H24N4O. The number of rotatable bonds is 4. The number of amides is 1. The van der Waals surface area contributed by atoms with Crippen molar-refractivity contribution in [2.45, 2.75) is 45.6 Å². The maximum atomic E-state index is 12.2. The van der Waals surface area contributed by atoms with Gasteiger partial charge in [0.15, 0.2) is 0 Å². The van der Waals surface area contributed by atoms with E-state index in [1.807, 2.05) is 4.90 Å². The van der Waals surface area contributed by atoms with Crippen LogP contribution in [-0.2, 0) is 11.3 Å². The fraction of sp³-hybridized carbons (Fsp3) is 0.714. The Hall–Kier alpha value is -1.52. The molecule has 0 aliphatic carbocycles. The zero-order valence-electron chi connectivity index (χ0n) is 11.7. The zero-order valence-corrected chi connectivity index (χ0v) is 11.7. The minimum absolute atomic E-state index is 0.153. The Labute approximate surface area is 114 Å². The van der Waals surface area contributed by atoms with Crippen LogP contribution in [0.1, 0.15) is 39.0 Å². The highest BCUT2D eigenvalue weighted by Gasteiger charge is 2.20. The first-order chi connectivity index (χ1) is 9.19. The van der Waals surface area contributed by atoms with Gasteiger partial charge in [-0.2, -0.15) is 5.10 Å². The summed E-state index contributed by atoms with van der Waals surface area (Å²) in [6, 6.07) is 0. The Morgan fingerprint density at radius 2 is 2.32 bits per heavy atom. The highest BCUT2D eigenvalue weighted by molar-refractivity contribution is 5.76.